The van der Waals surface area contributed by atoms with Crippen LogP contribution >= 0.6 is 11.3 Å². The molecule has 0 atom stereocenters. The third-order valence-corrected chi connectivity index (χ3v) is 5.14. The first-order chi connectivity index (χ1) is 12.0. The van der Waals surface area contributed by atoms with Crippen molar-refractivity contribution in [2.75, 3.05) is 6.61 Å². The largest absolute Gasteiger partial charge is 0.488 e. The highest BCUT2D eigenvalue weighted by molar-refractivity contribution is 7.18. The van der Waals surface area contributed by atoms with Gasteiger partial charge in [-0.15, -0.1) is 11.3 Å². The number of aromatic amines is 1. The van der Waals surface area contributed by atoms with Gasteiger partial charge < -0.3 is 9.72 Å². The van der Waals surface area contributed by atoms with Crippen molar-refractivity contribution in [2.45, 2.75) is 40.2 Å². The van der Waals surface area contributed by atoms with E-state index in [1.165, 1.54) is 6.07 Å². The number of aryl methyl sites for hydroxylation is 2. The van der Waals surface area contributed by atoms with E-state index in [1.54, 1.807) is 22.1 Å². The number of H-pyrrole nitrogens is 1. The summed E-state index contributed by atoms with van der Waals surface area (Å²) in [6.07, 6.45) is 3.27. The number of pyridine rings is 1. The molecule has 3 heterocycles. The van der Waals surface area contributed by atoms with Gasteiger partial charge in [-0.3, -0.25) is 14.2 Å². The summed E-state index contributed by atoms with van der Waals surface area (Å²) < 4.78 is 6.98. The van der Waals surface area contributed by atoms with Crippen molar-refractivity contribution >= 4 is 21.6 Å². The molecule has 0 amide bonds. The minimum Gasteiger partial charge on any atom is -0.488 e. The van der Waals surface area contributed by atoms with E-state index in [1.807, 2.05) is 19.9 Å². The van der Waals surface area contributed by atoms with Gasteiger partial charge >= 0.3 is 0 Å². The van der Waals surface area contributed by atoms with Crippen molar-refractivity contribution in [3.63, 3.8) is 0 Å². The van der Waals surface area contributed by atoms with Gasteiger partial charge in [-0.25, -0.2) is 4.98 Å². The van der Waals surface area contributed by atoms with E-state index in [9.17, 15) is 9.59 Å². The van der Waals surface area contributed by atoms with E-state index >= 15 is 0 Å². The molecule has 7 heteroatoms. The first kappa shape index (κ1) is 17.4. The molecule has 0 saturated heterocycles. The van der Waals surface area contributed by atoms with Crippen molar-refractivity contribution in [3.8, 4) is 5.75 Å². The lowest BCUT2D eigenvalue weighted by Crippen LogP contribution is -2.25. The van der Waals surface area contributed by atoms with Crippen LogP contribution in [0.5, 0.6) is 5.75 Å². The Bertz CT molecular complexity index is 1020. The van der Waals surface area contributed by atoms with E-state index in [-0.39, 0.29) is 17.5 Å². The van der Waals surface area contributed by atoms with Crippen LogP contribution in [-0.2, 0) is 13.0 Å². The molecule has 0 aliphatic heterocycles. The van der Waals surface area contributed by atoms with Gasteiger partial charge in [0.05, 0.1) is 18.5 Å². The molecule has 0 unspecified atom stereocenters. The first-order valence-electron chi connectivity index (χ1n) is 8.37. The molecule has 25 heavy (non-hydrogen) atoms. The molecule has 0 bridgehead atoms. The molecule has 1 N–H and O–H groups in total. The van der Waals surface area contributed by atoms with Crippen molar-refractivity contribution < 1.29 is 4.74 Å². The first-order valence-corrected chi connectivity index (χ1v) is 9.19. The van der Waals surface area contributed by atoms with Crippen LogP contribution in [0.2, 0.25) is 0 Å². The zero-order valence-corrected chi connectivity index (χ0v) is 15.4. The number of ether oxygens (including phenoxy) is 1. The van der Waals surface area contributed by atoms with E-state index in [2.05, 4.69) is 16.9 Å². The molecule has 0 aliphatic rings. The van der Waals surface area contributed by atoms with Gasteiger partial charge in [-0.05, 0) is 25.8 Å². The zero-order chi connectivity index (χ0) is 18.0. The number of rotatable bonds is 6. The van der Waals surface area contributed by atoms with Gasteiger partial charge in [0.1, 0.15) is 10.7 Å². The molecule has 0 radical (unpaired) electrons. The van der Waals surface area contributed by atoms with Crippen LogP contribution in [0, 0.1) is 6.92 Å². The summed E-state index contributed by atoms with van der Waals surface area (Å²) in [6, 6.07) is 3.39. The number of nitrogens with zero attached hydrogens (tertiary/aromatic N) is 2. The SMILES string of the molecule is CCCOc1c[nH]c(Cn2c(C)nc3sc(CC)cc3c2=O)cc1=O. The van der Waals surface area contributed by atoms with Crippen molar-refractivity contribution in [3.05, 3.63) is 55.3 Å². The number of hydrogen-bond donors (Lipinski definition) is 1. The molecule has 0 fully saturated rings. The number of hydrogen-bond acceptors (Lipinski definition) is 5. The van der Waals surface area contributed by atoms with E-state index in [0.29, 0.717) is 29.3 Å². The molecule has 132 valence electrons. The topological polar surface area (TPSA) is 77.0 Å². The van der Waals surface area contributed by atoms with Gasteiger partial charge in [0.25, 0.3) is 5.56 Å². The summed E-state index contributed by atoms with van der Waals surface area (Å²) in [5.41, 5.74) is 0.377. The maximum Gasteiger partial charge on any atom is 0.262 e. The summed E-state index contributed by atoms with van der Waals surface area (Å²) in [7, 11) is 0. The smallest absolute Gasteiger partial charge is 0.262 e. The van der Waals surface area contributed by atoms with Crippen LogP contribution < -0.4 is 15.7 Å². The number of fused-ring (bicyclic) bond motifs is 1. The summed E-state index contributed by atoms with van der Waals surface area (Å²) >= 11 is 1.55. The van der Waals surface area contributed by atoms with Gasteiger partial charge in [-0.1, -0.05) is 13.8 Å². The molecule has 3 aromatic rings. The number of nitrogens with one attached hydrogen (secondary N) is 1. The maximum atomic E-state index is 12.8. The third kappa shape index (κ3) is 3.51. The molecule has 3 rings (SSSR count). The highest BCUT2D eigenvalue weighted by Gasteiger charge is 2.12. The predicted molar refractivity (Wildman–Crippen MR) is 99.9 cm³/mol. The summed E-state index contributed by atoms with van der Waals surface area (Å²) in [6.45, 7) is 6.62. The lowest BCUT2D eigenvalue weighted by molar-refractivity contribution is 0.313. The van der Waals surface area contributed by atoms with Gasteiger partial charge in [-0.2, -0.15) is 0 Å². The standard InChI is InChI=1S/C18H21N3O3S/c1-4-6-24-16-9-19-12(7-15(16)22)10-21-11(3)20-17-14(18(21)23)8-13(5-2)25-17/h7-9H,4-6,10H2,1-3H3,(H,19,22). The van der Waals surface area contributed by atoms with E-state index < -0.39 is 0 Å². The lowest BCUT2D eigenvalue weighted by Gasteiger charge is -2.10. The fourth-order valence-corrected chi connectivity index (χ4v) is 3.62. The maximum absolute atomic E-state index is 12.8. The number of aromatic nitrogens is 3. The molecular formula is C18H21N3O3S. The van der Waals surface area contributed by atoms with Gasteiger partial charge in [0.15, 0.2) is 5.75 Å². The average molecular weight is 359 g/mol. The second-order valence-electron chi connectivity index (χ2n) is 5.87. The predicted octanol–water partition coefficient (Wildman–Crippen LogP) is 2.85. The highest BCUT2D eigenvalue weighted by Crippen LogP contribution is 2.22. The van der Waals surface area contributed by atoms with Crippen molar-refractivity contribution in [1.82, 2.24) is 14.5 Å². The van der Waals surface area contributed by atoms with Crippen LogP contribution in [0.3, 0.4) is 0 Å². The van der Waals surface area contributed by atoms with Crippen LogP contribution in [0.25, 0.3) is 10.2 Å². The Morgan fingerprint density at radius 3 is 2.76 bits per heavy atom. The number of thiophene rings is 1. The molecule has 0 saturated carbocycles. The minimum atomic E-state index is -0.189. The molecular weight excluding hydrogens is 338 g/mol. The van der Waals surface area contributed by atoms with Crippen molar-refractivity contribution in [1.29, 1.82) is 0 Å². The van der Waals surface area contributed by atoms with Crippen LogP contribution in [0.1, 0.15) is 36.7 Å². The second kappa shape index (κ2) is 7.23. The zero-order valence-electron chi connectivity index (χ0n) is 14.6. The second-order valence-corrected chi connectivity index (χ2v) is 6.99. The highest BCUT2D eigenvalue weighted by atomic mass is 32.1. The van der Waals surface area contributed by atoms with Crippen LogP contribution in [0.4, 0.5) is 0 Å². The Labute approximate surface area is 149 Å². The summed E-state index contributed by atoms with van der Waals surface area (Å²) in [4.78, 5) is 34.4. The molecule has 6 nitrogen and oxygen atoms in total. The Hall–Kier alpha value is -2.41. The molecule has 3 aromatic heterocycles. The summed E-state index contributed by atoms with van der Waals surface area (Å²) in [5, 5.41) is 0.637. The average Bonchev–Trinajstić information content (AvgIpc) is 3.01. The molecule has 0 aliphatic carbocycles. The Balaban J connectivity index is 1.96. The van der Waals surface area contributed by atoms with Crippen LogP contribution in [0.15, 0.2) is 27.9 Å². The normalized spacial score (nSPS) is 11.2. The Morgan fingerprint density at radius 2 is 2.08 bits per heavy atom. The van der Waals surface area contributed by atoms with Crippen molar-refractivity contribution in [2.24, 2.45) is 0 Å². The van der Waals surface area contributed by atoms with Crippen LogP contribution in [-0.4, -0.2) is 21.1 Å². The Morgan fingerprint density at radius 1 is 1.28 bits per heavy atom. The fourth-order valence-electron chi connectivity index (χ4n) is 2.61. The van der Waals surface area contributed by atoms with Gasteiger partial charge in [0, 0.05) is 22.8 Å². The van der Waals surface area contributed by atoms with Gasteiger partial charge in [0.2, 0.25) is 5.43 Å². The van der Waals surface area contributed by atoms with E-state index in [4.69, 9.17) is 4.74 Å². The lowest BCUT2D eigenvalue weighted by atomic mass is 10.3. The third-order valence-electron chi connectivity index (χ3n) is 3.97. The quantitative estimate of drug-likeness (QED) is 0.734. The minimum absolute atomic E-state index is 0.0781. The monoisotopic (exact) mass is 359 g/mol. The molecule has 0 spiro atoms. The summed E-state index contributed by atoms with van der Waals surface area (Å²) in [5.74, 6) is 0.933. The van der Waals surface area contributed by atoms with E-state index in [0.717, 1.165) is 22.5 Å². The Kier molecular flexibility index (Phi) is 5.03. The fraction of sp³-hybridized carbons (Fsp3) is 0.389. The molecule has 0 aromatic carbocycles.